The fourth-order valence-corrected chi connectivity index (χ4v) is 3.51. The van der Waals surface area contributed by atoms with Gasteiger partial charge in [0.25, 0.3) is 0 Å². The van der Waals surface area contributed by atoms with E-state index in [9.17, 15) is 9.59 Å². The van der Waals surface area contributed by atoms with Crippen LogP contribution in [0.25, 0.3) is 0 Å². The number of ether oxygens (including phenoxy) is 3. The van der Waals surface area contributed by atoms with Gasteiger partial charge in [0.1, 0.15) is 11.5 Å². The van der Waals surface area contributed by atoms with E-state index >= 15 is 0 Å². The summed E-state index contributed by atoms with van der Waals surface area (Å²) in [4.78, 5) is 31.0. The van der Waals surface area contributed by atoms with Gasteiger partial charge in [0.15, 0.2) is 0 Å². The Kier molecular flexibility index (Phi) is 7.68. The van der Waals surface area contributed by atoms with Crippen LogP contribution >= 0.6 is 0 Å². The zero-order valence-electron chi connectivity index (χ0n) is 17.2. The Morgan fingerprint density at radius 3 is 2.31 bits per heavy atom. The molecule has 1 N–H and O–H groups in total. The Balaban J connectivity index is 1.44. The molecule has 160 valence electrons. The van der Waals surface area contributed by atoms with Gasteiger partial charge < -0.3 is 24.4 Å². The average Bonchev–Trinajstić information content (AvgIpc) is 2.74. The summed E-state index contributed by atoms with van der Waals surface area (Å²) in [5.74, 6) is 1.26. The zero-order valence-corrected chi connectivity index (χ0v) is 17.2. The summed E-state index contributed by atoms with van der Waals surface area (Å²) < 4.78 is 15.8. The second-order valence-corrected chi connectivity index (χ2v) is 7.16. The standard InChI is InChI=1S/C20H30N4O5/c1-27-16-3-4-18(28-2)17(13-16)21-19(25)14-22-5-7-24(8-6-22)20(26)15-23-9-11-29-12-10-23/h3-4,13H,5-12,14-15H2,1-2H3,(H,21,25). The highest BCUT2D eigenvalue weighted by molar-refractivity contribution is 5.94. The maximum atomic E-state index is 12.5. The van der Waals surface area contributed by atoms with Crippen LogP contribution in [0.4, 0.5) is 5.69 Å². The number of carbonyl (C=O) groups excluding carboxylic acids is 2. The number of methoxy groups -OCH3 is 2. The number of nitrogens with zero attached hydrogens (tertiary/aromatic N) is 3. The van der Waals surface area contributed by atoms with Crippen LogP contribution in [0.15, 0.2) is 18.2 Å². The lowest BCUT2D eigenvalue weighted by Gasteiger charge is -2.36. The summed E-state index contributed by atoms with van der Waals surface area (Å²) in [5, 5.41) is 2.89. The molecule has 2 aliphatic heterocycles. The molecule has 2 fully saturated rings. The van der Waals surface area contributed by atoms with Crippen molar-refractivity contribution in [3.05, 3.63) is 18.2 Å². The number of benzene rings is 1. The highest BCUT2D eigenvalue weighted by Gasteiger charge is 2.24. The largest absolute Gasteiger partial charge is 0.497 e. The van der Waals surface area contributed by atoms with Crippen molar-refractivity contribution in [1.82, 2.24) is 14.7 Å². The van der Waals surface area contributed by atoms with E-state index in [1.165, 1.54) is 0 Å². The first-order valence-corrected chi connectivity index (χ1v) is 9.91. The molecular weight excluding hydrogens is 376 g/mol. The molecule has 0 aromatic heterocycles. The monoisotopic (exact) mass is 406 g/mol. The van der Waals surface area contributed by atoms with E-state index in [4.69, 9.17) is 14.2 Å². The van der Waals surface area contributed by atoms with Gasteiger partial charge in [0.05, 0.1) is 46.2 Å². The zero-order chi connectivity index (χ0) is 20.6. The number of carbonyl (C=O) groups is 2. The molecule has 9 nitrogen and oxygen atoms in total. The maximum absolute atomic E-state index is 12.5. The van der Waals surface area contributed by atoms with Crippen LogP contribution in [0.1, 0.15) is 0 Å². The molecule has 1 aromatic carbocycles. The van der Waals surface area contributed by atoms with Gasteiger partial charge in [-0.1, -0.05) is 0 Å². The van der Waals surface area contributed by atoms with E-state index in [-0.39, 0.29) is 18.4 Å². The van der Waals surface area contributed by atoms with E-state index in [1.54, 1.807) is 32.4 Å². The minimum absolute atomic E-state index is 0.121. The van der Waals surface area contributed by atoms with E-state index in [1.807, 2.05) is 4.90 Å². The predicted octanol–water partition coefficient (Wildman–Crippen LogP) is 0.119. The summed E-state index contributed by atoms with van der Waals surface area (Å²) in [6.45, 7) is 6.33. The Labute approximate surface area is 171 Å². The van der Waals surface area contributed by atoms with Crippen molar-refractivity contribution in [3.63, 3.8) is 0 Å². The van der Waals surface area contributed by atoms with Crippen LogP contribution in [-0.2, 0) is 14.3 Å². The third-order valence-corrected chi connectivity index (χ3v) is 5.24. The first-order chi connectivity index (χ1) is 14.1. The molecule has 9 heteroatoms. The number of rotatable bonds is 7. The fourth-order valence-electron chi connectivity index (χ4n) is 3.51. The number of amides is 2. The molecule has 3 rings (SSSR count). The van der Waals surface area contributed by atoms with Gasteiger partial charge in [-0.25, -0.2) is 0 Å². The number of anilines is 1. The minimum Gasteiger partial charge on any atom is -0.497 e. The van der Waals surface area contributed by atoms with E-state index in [0.29, 0.717) is 63.1 Å². The minimum atomic E-state index is -0.121. The van der Waals surface area contributed by atoms with E-state index in [2.05, 4.69) is 15.1 Å². The van der Waals surface area contributed by atoms with Gasteiger partial charge in [-0.05, 0) is 12.1 Å². The molecule has 0 bridgehead atoms. The molecule has 2 amide bonds. The Hall–Kier alpha value is -2.36. The van der Waals surface area contributed by atoms with Crippen LogP contribution in [0, 0.1) is 0 Å². The lowest BCUT2D eigenvalue weighted by Crippen LogP contribution is -2.53. The van der Waals surface area contributed by atoms with Crippen molar-refractivity contribution in [2.45, 2.75) is 0 Å². The lowest BCUT2D eigenvalue weighted by atomic mass is 10.2. The van der Waals surface area contributed by atoms with Gasteiger partial charge in [-0.2, -0.15) is 0 Å². The second kappa shape index (κ2) is 10.4. The lowest BCUT2D eigenvalue weighted by molar-refractivity contribution is -0.135. The van der Waals surface area contributed by atoms with Gasteiger partial charge in [-0.3, -0.25) is 19.4 Å². The topological polar surface area (TPSA) is 83.6 Å². The molecule has 1 aromatic rings. The molecule has 0 saturated carbocycles. The molecule has 2 saturated heterocycles. The Morgan fingerprint density at radius 2 is 1.66 bits per heavy atom. The van der Waals surface area contributed by atoms with Crippen molar-refractivity contribution in [2.24, 2.45) is 0 Å². The first kappa shape index (κ1) is 21.4. The number of piperazine rings is 1. The summed E-state index contributed by atoms with van der Waals surface area (Å²) >= 11 is 0. The smallest absolute Gasteiger partial charge is 0.238 e. The van der Waals surface area contributed by atoms with Crippen molar-refractivity contribution in [1.29, 1.82) is 0 Å². The highest BCUT2D eigenvalue weighted by atomic mass is 16.5. The van der Waals surface area contributed by atoms with E-state index in [0.717, 1.165) is 13.1 Å². The third-order valence-electron chi connectivity index (χ3n) is 5.24. The summed E-state index contributed by atoms with van der Waals surface area (Å²) in [6.07, 6.45) is 0. The third kappa shape index (κ3) is 6.06. The first-order valence-electron chi connectivity index (χ1n) is 9.91. The van der Waals surface area contributed by atoms with Crippen LogP contribution in [0.3, 0.4) is 0 Å². The van der Waals surface area contributed by atoms with Crippen LogP contribution in [0.5, 0.6) is 11.5 Å². The van der Waals surface area contributed by atoms with E-state index < -0.39 is 0 Å². The number of hydrogen-bond donors (Lipinski definition) is 1. The van der Waals surface area contributed by atoms with Crippen molar-refractivity contribution in [3.8, 4) is 11.5 Å². The van der Waals surface area contributed by atoms with Gasteiger partial charge in [-0.15, -0.1) is 0 Å². The molecule has 0 atom stereocenters. The number of morpholine rings is 1. The molecule has 0 spiro atoms. The number of nitrogens with one attached hydrogen (secondary N) is 1. The molecule has 0 aliphatic carbocycles. The normalized spacial score (nSPS) is 18.3. The van der Waals surface area contributed by atoms with Crippen molar-refractivity contribution in [2.75, 3.05) is 85.1 Å². The second-order valence-electron chi connectivity index (χ2n) is 7.16. The highest BCUT2D eigenvalue weighted by Crippen LogP contribution is 2.28. The predicted molar refractivity (Wildman–Crippen MR) is 108 cm³/mol. The summed E-state index contributed by atoms with van der Waals surface area (Å²) in [5.41, 5.74) is 0.580. The molecular formula is C20H30N4O5. The Bertz CT molecular complexity index is 700. The molecule has 0 unspecified atom stereocenters. The quantitative estimate of drug-likeness (QED) is 0.689. The Morgan fingerprint density at radius 1 is 0.966 bits per heavy atom. The molecule has 29 heavy (non-hydrogen) atoms. The summed E-state index contributed by atoms with van der Waals surface area (Å²) in [7, 11) is 3.14. The van der Waals surface area contributed by atoms with Crippen molar-refractivity contribution >= 4 is 17.5 Å². The van der Waals surface area contributed by atoms with Crippen LogP contribution < -0.4 is 14.8 Å². The maximum Gasteiger partial charge on any atom is 0.238 e. The van der Waals surface area contributed by atoms with Crippen LogP contribution in [-0.4, -0.2) is 106 Å². The molecule has 2 heterocycles. The van der Waals surface area contributed by atoms with Gasteiger partial charge >= 0.3 is 0 Å². The fraction of sp³-hybridized carbons (Fsp3) is 0.600. The molecule has 2 aliphatic rings. The van der Waals surface area contributed by atoms with Gasteiger partial charge in [0, 0.05) is 45.3 Å². The number of hydrogen-bond acceptors (Lipinski definition) is 7. The average molecular weight is 406 g/mol. The summed E-state index contributed by atoms with van der Waals surface area (Å²) in [6, 6.07) is 5.27. The SMILES string of the molecule is COc1ccc(OC)c(NC(=O)CN2CCN(C(=O)CN3CCOCC3)CC2)c1. The molecule has 0 radical (unpaired) electrons. The van der Waals surface area contributed by atoms with Crippen molar-refractivity contribution < 1.29 is 23.8 Å². The van der Waals surface area contributed by atoms with Crippen LogP contribution in [0.2, 0.25) is 0 Å². The van der Waals surface area contributed by atoms with Gasteiger partial charge in [0.2, 0.25) is 11.8 Å².